The van der Waals surface area contributed by atoms with E-state index in [1.807, 2.05) is 53.4 Å². The summed E-state index contributed by atoms with van der Waals surface area (Å²) < 4.78 is 5.21. The fourth-order valence-corrected chi connectivity index (χ4v) is 3.18. The molecule has 0 atom stereocenters. The minimum Gasteiger partial charge on any atom is -0.497 e. The molecule has 0 saturated carbocycles. The summed E-state index contributed by atoms with van der Waals surface area (Å²) in [5, 5.41) is 0. The number of nitrogens with zero attached hydrogens (tertiary/aromatic N) is 2. The van der Waals surface area contributed by atoms with Gasteiger partial charge in [-0.15, -0.1) is 0 Å². The first kappa shape index (κ1) is 18.2. The minimum atomic E-state index is 0.0974. The Bertz CT molecular complexity index is 726. The van der Waals surface area contributed by atoms with E-state index in [-0.39, 0.29) is 5.91 Å². The van der Waals surface area contributed by atoms with Crippen LogP contribution in [-0.4, -0.2) is 49.0 Å². The highest BCUT2D eigenvalue weighted by atomic mass is 16.5. The van der Waals surface area contributed by atoms with Crippen LogP contribution in [0.3, 0.4) is 0 Å². The molecule has 0 unspecified atom stereocenters. The van der Waals surface area contributed by atoms with Crippen molar-refractivity contribution < 1.29 is 9.53 Å². The van der Waals surface area contributed by atoms with Crippen molar-refractivity contribution in [1.29, 1.82) is 0 Å². The fraction of sp³-hybridized carbons (Fsp3) is 0.318. The zero-order valence-electron chi connectivity index (χ0n) is 15.3. The number of ether oxygens (including phenoxy) is 1. The van der Waals surface area contributed by atoms with E-state index >= 15 is 0 Å². The smallest absolute Gasteiger partial charge is 0.246 e. The van der Waals surface area contributed by atoms with Crippen LogP contribution in [0.4, 0.5) is 0 Å². The average Bonchev–Trinajstić information content (AvgIpc) is 2.93. The lowest BCUT2D eigenvalue weighted by Gasteiger charge is -2.21. The minimum absolute atomic E-state index is 0.0974. The van der Waals surface area contributed by atoms with Crippen molar-refractivity contribution in [2.24, 2.45) is 0 Å². The molecule has 1 amide bonds. The Morgan fingerprint density at radius 2 is 1.77 bits per heavy atom. The summed E-state index contributed by atoms with van der Waals surface area (Å²) >= 11 is 0. The van der Waals surface area contributed by atoms with Crippen LogP contribution >= 0.6 is 0 Å². The molecule has 0 aliphatic carbocycles. The van der Waals surface area contributed by atoms with Gasteiger partial charge < -0.3 is 9.64 Å². The van der Waals surface area contributed by atoms with Gasteiger partial charge in [-0.2, -0.15) is 0 Å². The van der Waals surface area contributed by atoms with Crippen molar-refractivity contribution in [1.82, 2.24) is 9.80 Å². The number of amides is 1. The zero-order chi connectivity index (χ0) is 18.2. The Labute approximate surface area is 155 Å². The summed E-state index contributed by atoms with van der Waals surface area (Å²) in [5.74, 6) is 0.978. The molecule has 1 saturated heterocycles. The van der Waals surface area contributed by atoms with E-state index in [4.69, 9.17) is 4.74 Å². The summed E-state index contributed by atoms with van der Waals surface area (Å²) in [7, 11) is 1.68. The summed E-state index contributed by atoms with van der Waals surface area (Å²) in [6, 6.07) is 18.1. The number of methoxy groups -OCH3 is 1. The molecule has 1 aliphatic heterocycles. The highest BCUT2D eigenvalue weighted by Gasteiger charge is 2.17. The molecule has 4 heteroatoms. The van der Waals surface area contributed by atoms with Gasteiger partial charge in [-0.3, -0.25) is 9.69 Å². The lowest BCUT2D eigenvalue weighted by Crippen LogP contribution is -2.34. The Kier molecular flexibility index (Phi) is 6.45. The molecule has 1 heterocycles. The van der Waals surface area contributed by atoms with Crippen molar-refractivity contribution >= 4 is 12.0 Å². The molecule has 4 nitrogen and oxygen atoms in total. The molecule has 2 aromatic rings. The predicted octanol–water partition coefficient (Wildman–Crippen LogP) is 3.44. The van der Waals surface area contributed by atoms with Crippen LogP contribution in [-0.2, 0) is 11.3 Å². The predicted molar refractivity (Wildman–Crippen MR) is 105 cm³/mol. The highest BCUT2D eigenvalue weighted by molar-refractivity contribution is 5.91. The van der Waals surface area contributed by atoms with Gasteiger partial charge in [-0.1, -0.05) is 42.5 Å². The van der Waals surface area contributed by atoms with Crippen LogP contribution in [0.5, 0.6) is 5.75 Å². The highest BCUT2D eigenvalue weighted by Crippen LogP contribution is 2.14. The lowest BCUT2D eigenvalue weighted by atomic mass is 10.2. The van der Waals surface area contributed by atoms with Crippen LogP contribution < -0.4 is 4.74 Å². The average molecular weight is 350 g/mol. The fourth-order valence-electron chi connectivity index (χ4n) is 3.18. The Morgan fingerprint density at radius 3 is 2.50 bits per heavy atom. The molecule has 1 aliphatic rings. The SMILES string of the molecule is COc1ccc(CN2CCCN(C(=O)/C=C/c3ccccc3)CC2)cc1. The standard InChI is InChI=1S/C22H26N2O2/c1-26-21-11-8-20(9-12-21)18-23-14-5-15-24(17-16-23)22(25)13-10-19-6-3-2-4-7-19/h2-4,6-13H,5,14-18H2,1H3/b13-10+. The van der Waals surface area contributed by atoms with E-state index in [1.54, 1.807) is 13.2 Å². The van der Waals surface area contributed by atoms with Crippen molar-refractivity contribution in [3.05, 3.63) is 71.8 Å². The van der Waals surface area contributed by atoms with E-state index in [0.717, 1.165) is 50.5 Å². The van der Waals surface area contributed by atoms with E-state index in [9.17, 15) is 4.79 Å². The monoisotopic (exact) mass is 350 g/mol. The quantitative estimate of drug-likeness (QED) is 0.775. The Hall–Kier alpha value is -2.59. The second-order valence-corrected chi connectivity index (χ2v) is 6.55. The third-order valence-corrected chi connectivity index (χ3v) is 4.68. The summed E-state index contributed by atoms with van der Waals surface area (Å²) in [6.07, 6.45) is 4.58. The van der Waals surface area contributed by atoms with Crippen molar-refractivity contribution in [2.75, 3.05) is 33.3 Å². The number of hydrogen-bond acceptors (Lipinski definition) is 3. The van der Waals surface area contributed by atoms with Gasteiger partial charge in [0, 0.05) is 38.8 Å². The van der Waals surface area contributed by atoms with E-state index < -0.39 is 0 Å². The van der Waals surface area contributed by atoms with E-state index in [2.05, 4.69) is 17.0 Å². The van der Waals surface area contributed by atoms with Gasteiger partial charge in [0.2, 0.25) is 5.91 Å². The van der Waals surface area contributed by atoms with Crippen molar-refractivity contribution in [3.8, 4) is 5.75 Å². The molecular formula is C22H26N2O2. The largest absolute Gasteiger partial charge is 0.497 e. The third-order valence-electron chi connectivity index (χ3n) is 4.68. The topological polar surface area (TPSA) is 32.8 Å². The van der Waals surface area contributed by atoms with E-state index in [1.165, 1.54) is 5.56 Å². The maximum Gasteiger partial charge on any atom is 0.246 e. The first-order valence-electron chi connectivity index (χ1n) is 9.12. The molecule has 0 aromatic heterocycles. The Balaban J connectivity index is 1.52. The van der Waals surface area contributed by atoms with Crippen LogP contribution in [0.1, 0.15) is 17.5 Å². The Morgan fingerprint density at radius 1 is 1.00 bits per heavy atom. The number of benzene rings is 2. The summed E-state index contributed by atoms with van der Waals surface area (Å²) in [6.45, 7) is 4.41. The number of hydrogen-bond donors (Lipinski definition) is 0. The van der Waals surface area contributed by atoms with Gasteiger partial charge in [0.25, 0.3) is 0 Å². The lowest BCUT2D eigenvalue weighted by molar-refractivity contribution is -0.125. The van der Waals surface area contributed by atoms with Gasteiger partial charge in [-0.05, 0) is 35.8 Å². The van der Waals surface area contributed by atoms with Crippen LogP contribution in [0.15, 0.2) is 60.7 Å². The molecule has 0 N–H and O–H groups in total. The van der Waals surface area contributed by atoms with Gasteiger partial charge >= 0.3 is 0 Å². The molecule has 0 radical (unpaired) electrons. The van der Waals surface area contributed by atoms with Gasteiger partial charge in [-0.25, -0.2) is 0 Å². The number of carbonyl (C=O) groups is 1. The number of carbonyl (C=O) groups excluding carboxylic acids is 1. The zero-order valence-corrected chi connectivity index (χ0v) is 15.3. The van der Waals surface area contributed by atoms with Crippen molar-refractivity contribution in [2.45, 2.75) is 13.0 Å². The van der Waals surface area contributed by atoms with Gasteiger partial charge in [0.05, 0.1) is 7.11 Å². The molecule has 0 bridgehead atoms. The summed E-state index contributed by atoms with van der Waals surface area (Å²) in [5.41, 5.74) is 2.33. The molecule has 1 fully saturated rings. The van der Waals surface area contributed by atoms with E-state index in [0.29, 0.717) is 0 Å². The first-order valence-corrected chi connectivity index (χ1v) is 9.12. The van der Waals surface area contributed by atoms with Gasteiger partial charge in [0.15, 0.2) is 0 Å². The van der Waals surface area contributed by atoms with Crippen LogP contribution in [0.2, 0.25) is 0 Å². The molecule has 0 spiro atoms. The van der Waals surface area contributed by atoms with Crippen LogP contribution in [0, 0.1) is 0 Å². The number of rotatable bonds is 5. The normalized spacial score (nSPS) is 15.8. The second-order valence-electron chi connectivity index (χ2n) is 6.55. The maximum atomic E-state index is 12.5. The second kappa shape index (κ2) is 9.20. The maximum absolute atomic E-state index is 12.5. The van der Waals surface area contributed by atoms with Crippen LogP contribution in [0.25, 0.3) is 6.08 Å². The molecular weight excluding hydrogens is 324 g/mol. The first-order chi connectivity index (χ1) is 12.7. The molecule has 26 heavy (non-hydrogen) atoms. The molecule has 136 valence electrons. The summed E-state index contributed by atoms with van der Waals surface area (Å²) in [4.78, 5) is 16.8. The van der Waals surface area contributed by atoms with Gasteiger partial charge in [0.1, 0.15) is 5.75 Å². The molecule has 3 rings (SSSR count). The van der Waals surface area contributed by atoms with Crippen molar-refractivity contribution in [3.63, 3.8) is 0 Å². The third kappa shape index (κ3) is 5.20. The molecule has 2 aromatic carbocycles.